The van der Waals surface area contributed by atoms with Crippen molar-refractivity contribution in [2.45, 2.75) is 63.3 Å². The molecule has 1 atom stereocenters. The highest BCUT2D eigenvalue weighted by atomic mass is 32.2. The van der Waals surface area contributed by atoms with Crippen molar-refractivity contribution in [3.8, 4) is 11.3 Å². The second-order valence-corrected chi connectivity index (χ2v) is 13.8. The fourth-order valence-corrected chi connectivity index (χ4v) is 7.22. The van der Waals surface area contributed by atoms with E-state index in [1.165, 1.54) is 0 Å². The third-order valence-corrected chi connectivity index (χ3v) is 10.2. The molecule has 3 aromatic rings. The zero-order valence-corrected chi connectivity index (χ0v) is 25.9. The fourth-order valence-electron chi connectivity index (χ4n) is 6.27. The molecule has 1 aliphatic carbocycles. The summed E-state index contributed by atoms with van der Waals surface area (Å²) in [5.41, 5.74) is 3.62. The van der Waals surface area contributed by atoms with Crippen molar-refractivity contribution >= 4 is 39.0 Å². The van der Waals surface area contributed by atoms with Gasteiger partial charge < -0.3 is 19.3 Å². The maximum atomic E-state index is 13.3. The highest BCUT2D eigenvalue weighted by Crippen LogP contribution is 2.32. The summed E-state index contributed by atoms with van der Waals surface area (Å²) in [6.45, 7) is 6.04. The molecule has 1 N–H and O–H groups in total. The van der Waals surface area contributed by atoms with E-state index >= 15 is 0 Å². The lowest BCUT2D eigenvalue weighted by atomic mass is 9.81. The number of carboxylic acid groups (broad SMARTS) is 1. The molecule has 2 fully saturated rings. The van der Waals surface area contributed by atoms with Gasteiger partial charge in [-0.1, -0.05) is 44.2 Å². The summed E-state index contributed by atoms with van der Waals surface area (Å²) in [6.07, 6.45) is 5.06. The summed E-state index contributed by atoms with van der Waals surface area (Å²) in [5, 5.41) is 9.84. The van der Waals surface area contributed by atoms with Gasteiger partial charge in [-0.15, -0.1) is 0 Å². The van der Waals surface area contributed by atoms with Crippen molar-refractivity contribution < 1.29 is 27.9 Å². The number of hydrogen-bond acceptors (Lipinski definition) is 5. The SMILES string of the molecule is CC(C)[C@H]1COCCN1C(=O)C1CCC(C=NS(=O)(=O)c2ccc3cc(-c4ccc(CCC(=O)O)cc4)n(C)c3c2)CC1. The van der Waals surface area contributed by atoms with Crippen LogP contribution >= 0.6 is 0 Å². The molecule has 1 aliphatic heterocycles. The third-order valence-electron chi connectivity index (χ3n) is 8.94. The van der Waals surface area contributed by atoms with Gasteiger partial charge in [-0.2, -0.15) is 12.8 Å². The maximum absolute atomic E-state index is 13.3. The standard InChI is InChI=1S/C33H41N3O6S/c1-22(2)31-21-42-17-16-36(31)33(39)26-11-6-24(7-12-26)20-34-43(40,41)28-14-13-27-18-29(35(3)30(27)19-28)25-9-4-23(5-10-25)8-15-32(37)38/h4-5,9-10,13-14,18-20,22,24,26,31H,6-8,11-12,15-17,21H2,1-3H3,(H,37,38)/t24?,26?,31-/m1/s1. The molecule has 1 saturated heterocycles. The topological polar surface area (TPSA) is 118 Å². The lowest BCUT2D eigenvalue weighted by Crippen LogP contribution is -2.53. The second-order valence-electron chi connectivity index (χ2n) is 12.2. The van der Waals surface area contributed by atoms with Crippen LogP contribution in [0.2, 0.25) is 0 Å². The lowest BCUT2D eigenvalue weighted by Gasteiger charge is -2.40. The number of carbonyl (C=O) groups excluding carboxylic acids is 1. The van der Waals surface area contributed by atoms with Crippen LogP contribution in [0.1, 0.15) is 51.5 Å². The number of aliphatic carboxylic acids is 1. The first-order valence-corrected chi connectivity index (χ1v) is 16.6. The zero-order valence-electron chi connectivity index (χ0n) is 25.1. The molecule has 0 radical (unpaired) electrons. The molecular weight excluding hydrogens is 566 g/mol. The van der Waals surface area contributed by atoms with Crippen molar-refractivity contribution in [1.82, 2.24) is 9.47 Å². The van der Waals surface area contributed by atoms with Crippen molar-refractivity contribution in [2.24, 2.45) is 29.2 Å². The number of hydrogen-bond donors (Lipinski definition) is 1. The summed E-state index contributed by atoms with van der Waals surface area (Å²) >= 11 is 0. The number of amides is 1. The molecule has 10 heteroatoms. The Hall–Kier alpha value is -3.50. The van der Waals surface area contributed by atoms with Crippen molar-refractivity contribution in [3.05, 3.63) is 54.1 Å². The monoisotopic (exact) mass is 607 g/mol. The predicted molar refractivity (Wildman–Crippen MR) is 167 cm³/mol. The van der Waals surface area contributed by atoms with Crippen LogP contribution < -0.4 is 0 Å². The lowest BCUT2D eigenvalue weighted by molar-refractivity contribution is -0.147. The Morgan fingerprint density at radius 3 is 2.47 bits per heavy atom. The highest BCUT2D eigenvalue weighted by Gasteiger charge is 2.35. The van der Waals surface area contributed by atoms with E-state index in [1.54, 1.807) is 24.4 Å². The molecule has 2 heterocycles. The van der Waals surface area contributed by atoms with Gasteiger partial charge in [0.1, 0.15) is 0 Å². The van der Waals surface area contributed by atoms with E-state index in [2.05, 4.69) is 18.2 Å². The summed E-state index contributed by atoms with van der Waals surface area (Å²) in [6, 6.07) is 14.9. The number of sulfonamides is 1. The van der Waals surface area contributed by atoms with E-state index in [4.69, 9.17) is 9.84 Å². The van der Waals surface area contributed by atoms with Gasteiger partial charge in [0.2, 0.25) is 5.91 Å². The molecule has 0 unspecified atom stereocenters. The quantitative estimate of drug-likeness (QED) is 0.330. The minimum atomic E-state index is -3.89. The first-order valence-electron chi connectivity index (χ1n) is 15.1. The fraction of sp³-hybridized carbons (Fsp3) is 0.485. The van der Waals surface area contributed by atoms with Gasteiger partial charge in [-0.05, 0) is 73.3 Å². The number of ether oxygens (including phenoxy) is 1. The summed E-state index contributed by atoms with van der Waals surface area (Å²) in [5.74, 6) is -0.295. The summed E-state index contributed by atoms with van der Waals surface area (Å²) < 4.78 is 38.1. The van der Waals surface area contributed by atoms with E-state index < -0.39 is 16.0 Å². The summed E-state index contributed by atoms with van der Waals surface area (Å²) in [7, 11) is -1.99. The Morgan fingerprint density at radius 2 is 1.79 bits per heavy atom. The second kappa shape index (κ2) is 13.0. The van der Waals surface area contributed by atoms with Crippen LogP contribution in [-0.2, 0) is 37.8 Å². The minimum Gasteiger partial charge on any atom is -0.481 e. The Kier molecular flexibility index (Phi) is 9.36. The number of morpholine rings is 1. The smallest absolute Gasteiger partial charge is 0.303 e. The molecule has 230 valence electrons. The molecule has 1 amide bonds. The zero-order chi connectivity index (χ0) is 30.7. The number of rotatable bonds is 9. The number of aromatic nitrogens is 1. The maximum Gasteiger partial charge on any atom is 0.303 e. The molecular formula is C33H41N3O6S. The van der Waals surface area contributed by atoms with Crippen LogP contribution in [0.15, 0.2) is 57.8 Å². The Bertz CT molecular complexity index is 1600. The number of carboxylic acids is 1. The van der Waals surface area contributed by atoms with E-state index in [9.17, 15) is 18.0 Å². The molecule has 2 aromatic carbocycles. The van der Waals surface area contributed by atoms with Crippen LogP contribution in [0.3, 0.4) is 0 Å². The Labute approximate surface area is 253 Å². The van der Waals surface area contributed by atoms with Crippen LogP contribution in [0.4, 0.5) is 0 Å². The van der Waals surface area contributed by atoms with Gasteiger partial charge in [0, 0.05) is 48.7 Å². The summed E-state index contributed by atoms with van der Waals surface area (Å²) in [4.78, 5) is 26.3. The first kappa shape index (κ1) is 30.9. The van der Waals surface area contributed by atoms with E-state index in [1.807, 2.05) is 46.8 Å². The highest BCUT2D eigenvalue weighted by molar-refractivity contribution is 7.90. The molecule has 1 saturated carbocycles. The number of fused-ring (bicyclic) bond motifs is 1. The first-order chi connectivity index (χ1) is 20.5. The molecule has 5 rings (SSSR count). The van der Waals surface area contributed by atoms with Crippen molar-refractivity contribution in [2.75, 3.05) is 19.8 Å². The van der Waals surface area contributed by atoms with E-state index in [0.717, 1.165) is 53.4 Å². The molecule has 1 aromatic heterocycles. The average molecular weight is 608 g/mol. The van der Waals surface area contributed by atoms with Gasteiger partial charge >= 0.3 is 5.97 Å². The third kappa shape index (κ3) is 7.02. The largest absolute Gasteiger partial charge is 0.481 e. The van der Waals surface area contributed by atoms with Gasteiger partial charge in [-0.25, -0.2) is 0 Å². The normalized spacial score (nSPS) is 21.6. The van der Waals surface area contributed by atoms with Crippen LogP contribution in [0.5, 0.6) is 0 Å². The number of nitrogens with zero attached hydrogens (tertiary/aromatic N) is 3. The number of benzene rings is 2. The molecule has 0 bridgehead atoms. The average Bonchev–Trinajstić information content (AvgIpc) is 3.34. The molecule has 0 spiro atoms. The van der Waals surface area contributed by atoms with Crippen LogP contribution in [-0.4, -0.2) is 66.9 Å². The number of aryl methyl sites for hydroxylation is 2. The van der Waals surface area contributed by atoms with E-state index in [-0.39, 0.29) is 35.1 Å². The number of carbonyl (C=O) groups is 2. The minimum absolute atomic E-state index is 0.0215. The molecule has 43 heavy (non-hydrogen) atoms. The van der Waals surface area contributed by atoms with Gasteiger partial charge in [0.25, 0.3) is 10.0 Å². The van der Waals surface area contributed by atoms with Gasteiger partial charge in [0.05, 0.1) is 24.2 Å². The Morgan fingerprint density at radius 1 is 1.07 bits per heavy atom. The van der Waals surface area contributed by atoms with Crippen LogP contribution in [0.25, 0.3) is 22.2 Å². The van der Waals surface area contributed by atoms with Crippen molar-refractivity contribution in [3.63, 3.8) is 0 Å². The van der Waals surface area contributed by atoms with Gasteiger partial charge in [-0.3, -0.25) is 9.59 Å². The van der Waals surface area contributed by atoms with Gasteiger partial charge in [0.15, 0.2) is 0 Å². The van der Waals surface area contributed by atoms with Crippen LogP contribution in [0, 0.1) is 17.8 Å². The molecule has 2 aliphatic rings. The van der Waals surface area contributed by atoms with Crippen molar-refractivity contribution in [1.29, 1.82) is 0 Å². The Balaban J connectivity index is 1.24. The predicted octanol–water partition coefficient (Wildman–Crippen LogP) is 5.31. The van der Waals surface area contributed by atoms with E-state index in [0.29, 0.717) is 32.1 Å². The molecule has 9 nitrogen and oxygen atoms in total.